The molecule has 1 atom stereocenters. The summed E-state index contributed by atoms with van der Waals surface area (Å²) in [5.74, 6) is -0.805. The summed E-state index contributed by atoms with van der Waals surface area (Å²) in [5.41, 5.74) is -0.688. The van der Waals surface area contributed by atoms with Crippen molar-refractivity contribution in [2.75, 3.05) is 24.5 Å². The molecule has 1 aliphatic heterocycles. The normalized spacial score (nSPS) is 19.9. The van der Waals surface area contributed by atoms with Gasteiger partial charge in [-0.3, -0.25) is 0 Å². The Morgan fingerprint density at radius 3 is 2.71 bits per heavy atom. The van der Waals surface area contributed by atoms with Gasteiger partial charge in [-0.15, -0.1) is 0 Å². The van der Waals surface area contributed by atoms with Crippen molar-refractivity contribution in [3.8, 4) is 0 Å². The monoisotopic (exact) mass is 304 g/mol. The highest BCUT2D eigenvalue weighted by Crippen LogP contribution is 2.32. The Morgan fingerprint density at radius 2 is 2.10 bits per heavy atom. The lowest BCUT2D eigenvalue weighted by Gasteiger charge is -2.35. The summed E-state index contributed by atoms with van der Waals surface area (Å²) in [6, 6.07) is 3.03. The van der Waals surface area contributed by atoms with Crippen molar-refractivity contribution in [1.29, 1.82) is 0 Å². The quantitative estimate of drug-likeness (QED) is 0.851. The van der Waals surface area contributed by atoms with Crippen molar-refractivity contribution in [3.05, 3.63) is 29.6 Å². The highest BCUT2D eigenvalue weighted by molar-refractivity contribution is 5.50. The maximum absolute atomic E-state index is 14.0. The Labute approximate surface area is 122 Å². The minimum absolute atomic E-state index is 0.256. The van der Waals surface area contributed by atoms with Gasteiger partial charge in [0, 0.05) is 19.1 Å². The van der Waals surface area contributed by atoms with Crippen molar-refractivity contribution in [2.24, 2.45) is 0 Å². The fourth-order valence-electron chi connectivity index (χ4n) is 2.65. The van der Waals surface area contributed by atoms with E-state index >= 15 is 0 Å². The minimum atomic E-state index is -4.51. The van der Waals surface area contributed by atoms with E-state index in [4.69, 9.17) is 0 Å². The van der Waals surface area contributed by atoms with Crippen LogP contribution in [0.25, 0.3) is 0 Å². The van der Waals surface area contributed by atoms with Crippen LogP contribution in [-0.2, 0) is 6.18 Å². The van der Waals surface area contributed by atoms with E-state index in [0.29, 0.717) is 19.2 Å². The Hall–Kier alpha value is -1.30. The van der Waals surface area contributed by atoms with Crippen molar-refractivity contribution in [3.63, 3.8) is 0 Å². The molecule has 6 heteroatoms. The average Bonchev–Trinajstić information content (AvgIpc) is 2.44. The molecule has 1 fully saturated rings. The minimum Gasteiger partial charge on any atom is -0.368 e. The van der Waals surface area contributed by atoms with E-state index in [1.165, 1.54) is 6.07 Å². The summed E-state index contributed by atoms with van der Waals surface area (Å²) in [6.07, 6.45) is -1.57. The summed E-state index contributed by atoms with van der Waals surface area (Å²) in [6.45, 7) is 4.27. The molecule has 21 heavy (non-hydrogen) atoms. The van der Waals surface area contributed by atoms with Gasteiger partial charge in [0.25, 0.3) is 0 Å². The second-order valence-electron chi connectivity index (χ2n) is 5.40. The number of piperidine rings is 1. The molecule has 1 aromatic rings. The molecule has 1 aromatic carbocycles. The van der Waals surface area contributed by atoms with Crippen LogP contribution in [0.3, 0.4) is 0 Å². The van der Waals surface area contributed by atoms with E-state index in [0.717, 1.165) is 31.9 Å². The SMILES string of the molecule is CCCNC1CCCN(c2ccc(C(F)(F)F)cc2F)C1. The van der Waals surface area contributed by atoms with E-state index in [-0.39, 0.29) is 11.7 Å². The number of halogens is 4. The summed E-state index contributed by atoms with van der Waals surface area (Å²) < 4.78 is 51.6. The summed E-state index contributed by atoms with van der Waals surface area (Å²) in [4.78, 5) is 1.83. The van der Waals surface area contributed by atoms with Gasteiger partial charge in [-0.1, -0.05) is 6.92 Å². The van der Waals surface area contributed by atoms with Gasteiger partial charge in [0.15, 0.2) is 0 Å². The summed E-state index contributed by atoms with van der Waals surface area (Å²) in [5, 5.41) is 3.38. The molecule has 1 aliphatic rings. The Balaban J connectivity index is 2.10. The summed E-state index contributed by atoms with van der Waals surface area (Å²) in [7, 11) is 0. The van der Waals surface area contributed by atoms with Crippen LogP contribution in [-0.4, -0.2) is 25.7 Å². The zero-order chi connectivity index (χ0) is 15.5. The van der Waals surface area contributed by atoms with E-state index in [2.05, 4.69) is 12.2 Å². The average molecular weight is 304 g/mol. The smallest absolute Gasteiger partial charge is 0.368 e. The molecule has 1 saturated heterocycles. The molecule has 1 heterocycles. The third kappa shape index (κ3) is 4.09. The molecule has 0 aliphatic carbocycles. The second kappa shape index (κ2) is 6.64. The topological polar surface area (TPSA) is 15.3 Å². The molecule has 2 rings (SSSR count). The van der Waals surface area contributed by atoms with Crippen LogP contribution in [0.2, 0.25) is 0 Å². The molecule has 1 N–H and O–H groups in total. The Bertz CT molecular complexity index is 473. The van der Waals surface area contributed by atoms with Crippen molar-refractivity contribution >= 4 is 5.69 Å². The number of hydrogen-bond donors (Lipinski definition) is 1. The fourth-order valence-corrected chi connectivity index (χ4v) is 2.65. The Kier molecular flexibility index (Phi) is 5.08. The van der Waals surface area contributed by atoms with Gasteiger partial charge in [-0.2, -0.15) is 13.2 Å². The number of benzene rings is 1. The number of rotatable bonds is 4. The van der Waals surface area contributed by atoms with Gasteiger partial charge < -0.3 is 10.2 Å². The molecule has 0 radical (unpaired) electrons. The van der Waals surface area contributed by atoms with Crippen LogP contribution < -0.4 is 10.2 Å². The zero-order valence-electron chi connectivity index (χ0n) is 12.0. The van der Waals surface area contributed by atoms with E-state index in [1.807, 2.05) is 4.90 Å². The first-order valence-corrected chi connectivity index (χ1v) is 7.27. The van der Waals surface area contributed by atoms with Crippen LogP contribution in [0.4, 0.5) is 23.2 Å². The first-order chi connectivity index (χ1) is 9.91. The number of alkyl halides is 3. The predicted octanol–water partition coefficient (Wildman–Crippen LogP) is 3.81. The first kappa shape index (κ1) is 16.1. The Morgan fingerprint density at radius 1 is 1.33 bits per heavy atom. The standard InChI is InChI=1S/C15H20F4N2/c1-2-7-20-12-4-3-8-21(10-12)14-6-5-11(9-13(14)16)15(17,18)19/h5-6,9,12,20H,2-4,7-8,10H2,1H3. The molecule has 118 valence electrons. The molecule has 2 nitrogen and oxygen atoms in total. The van der Waals surface area contributed by atoms with Gasteiger partial charge in [0.2, 0.25) is 0 Å². The number of nitrogens with zero attached hydrogens (tertiary/aromatic N) is 1. The molecule has 0 saturated carbocycles. The fraction of sp³-hybridized carbons (Fsp3) is 0.600. The largest absolute Gasteiger partial charge is 0.416 e. The molecular formula is C15H20F4N2. The van der Waals surface area contributed by atoms with E-state index < -0.39 is 17.6 Å². The van der Waals surface area contributed by atoms with E-state index in [9.17, 15) is 17.6 Å². The molecule has 0 bridgehead atoms. The third-order valence-corrected chi connectivity index (χ3v) is 3.72. The predicted molar refractivity (Wildman–Crippen MR) is 74.9 cm³/mol. The van der Waals surface area contributed by atoms with Crippen LogP contribution in [0.15, 0.2) is 18.2 Å². The highest BCUT2D eigenvalue weighted by Gasteiger charge is 2.32. The van der Waals surface area contributed by atoms with Gasteiger partial charge in [-0.05, 0) is 44.0 Å². The lowest BCUT2D eigenvalue weighted by atomic mass is 10.0. The van der Waals surface area contributed by atoms with Crippen molar-refractivity contribution < 1.29 is 17.6 Å². The van der Waals surface area contributed by atoms with Gasteiger partial charge in [-0.25, -0.2) is 4.39 Å². The van der Waals surface area contributed by atoms with Crippen LogP contribution in [0.5, 0.6) is 0 Å². The number of hydrogen-bond acceptors (Lipinski definition) is 2. The van der Waals surface area contributed by atoms with Crippen molar-refractivity contribution in [2.45, 2.75) is 38.4 Å². The molecule has 0 aromatic heterocycles. The lowest BCUT2D eigenvalue weighted by Crippen LogP contribution is -2.46. The maximum Gasteiger partial charge on any atom is 0.416 e. The van der Waals surface area contributed by atoms with E-state index in [1.54, 1.807) is 0 Å². The molecule has 0 spiro atoms. The third-order valence-electron chi connectivity index (χ3n) is 3.72. The molecular weight excluding hydrogens is 284 g/mol. The lowest BCUT2D eigenvalue weighted by molar-refractivity contribution is -0.137. The van der Waals surface area contributed by atoms with Crippen LogP contribution in [0, 0.1) is 5.82 Å². The van der Waals surface area contributed by atoms with Crippen LogP contribution >= 0.6 is 0 Å². The summed E-state index contributed by atoms with van der Waals surface area (Å²) >= 11 is 0. The first-order valence-electron chi connectivity index (χ1n) is 7.27. The zero-order valence-corrected chi connectivity index (χ0v) is 12.0. The van der Waals surface area contributed by atoms with Crippen LogP contribution in [0.1, 0.15) is 31.7 Å². The number of nitrogens with one attached hydrogen (secondary N) is 1. The van der Waals surface area contributed by atoms with Gasteiger partial charge in [0.05, 0.1) is 11.3 Å². The molecule has 0 amide bonds. The van der Waals surface area contributed by atoms with Crippen molar-refractivity contribution in [1.82, 2.24) is 5.32 Å². The molecule has 1 unspecified atom stereocenters. The van der Waals surface area contributed by atoms with Gasteiger partial charge >= 0.3 is 6.18 Å². The van der Waals surface area contributed by atoms with Gasteiger partial charge in [0.1, 0.15) is 5.82 Å². The highest BCUT2D eigenvalue weighted by atomic mass is 19.4. The number of anilines is 1. The maximum atomic E-state index is 14.0. The second-order valence-corrected chi connectivity index (χ2v) is 5.40.